The van der Waals surface area contributed by atoms with Gasteiger partial charge in [0.1, 0.15) is 12.1 Å². The molecule has 3 rings (SSSR count). The third-order valence-electron chi connectivity index (χ3n) is 5.47. The van der Waals surface area contributed by atoms with Gasteiger partial charge >= 0.3 is 6.03 Å². The zero-order valence-electron chi connectivity index (χ0n) is 17.3. The van der Waals surface area contributed by atoms with Crippen molar-refractivity contribution in [1.29, 1.82) is 0 Å². The molecule has 0 aliphatic carbocycles. The molecule has 1 fully saturated rings. The fraction of sp³-hybridized carbons (Fsp3) is 0.348. The number of hydrogen-bond donors (Lipinski definition) is 2. The molecule has 29 heavy (non-hydrogen) atoms. The second kappa shape index (κ2) is 8.07. The normalized spacial score (nSPS) is 18.9. The van der Waals surface area contributed by atoms with Gasteiger partial charge in [0.05, 0.1) is 0 Å². The first-order chi connectivity index (χ1) is 13.7. The van der Waals surface area contributed by atoms with Gasteiger partial charge in [-0.25, -0.2) is 4.79 Å². The van der Waals surface area contributed by atoms with Gasteiger partial charge in [-0.2, -0.15) is 0 Å². The van der Waals surface area contributed by atoms with Crippen molar-refractivity contribution in [3.05, 3.63) is 70.8 Å². The van der Waals surface area contributed by atoms with Crippen LogP contribution < -0.4 is 10.6 Å². The number of carbonyl (C=O) groups excluding carboxylic acids is 3. The Labute approximate surface area is 171 Å². The van der Waals surface area contributed by atoms with Crippen LogP contribution in [0.2, 0.25) is 0 Å². The van der Waals surface area contributed by atoms with E-state index in [9.17, 15) is 14.4 Å². The van der Waals surface area contributed by atoms with Crippen LogP contribution in [-0.2, 0) is 21.7 Å². The molecule has 0 radical (unpaired) electrons. The standard InChI is InChI=1S/C23H27N3O3/c1-15(2)17-9-11-19(12-10-17)23(4)21(28)26(22(29)25-23)14-20(27)24-13-18-8-6-5-7-16(18)3/h5-12,15H,13-14H2,1-4H3,(H,24,27)(H,25,29)/t23-/m1/s1. The Kier molecular flexibility index (Phi) is 5.73. The van der Waals surface area contributed by atoms with Crippen molar-refractivity contribution in [2.24, 2.45) is 0 Å². The average molecular weight is 393 g/mol. The molecule has 0 bridgehead atoms. The van der Waals surface area contributed by atoms with Crippen molar-refractivity contribution in [2.45, 2.75) is 45.7 Å². The van der Waals surface area contributed by atoms with Gasteiger partial charge in [-0.1, -0.05) is 62.4 Å². The number of benzene rings is 2. The summed E-state index contributed by atoms with van der Waals surface area (Å²) >= 11 is 0. The number of aryl methyl sites for hydroxylation is 1. The van der Waals surface area contributed by atoms with Crippen LogP contribution in [0.5, 0.6) is 0 Å². The number of hydrogen-bond acceptors (Lipinski definition) is 3. The summed E-state index contributed by atoms with van der Waals surface area (Å²) in [4.78, 5) is 38.7. The number of amides is 4. The van der Waals surface area contributed by atoms with E-state index < -0.39 is 17.5 Å². The molecule has 1 heterocycles. The first kappa shape index (κ1) is 20.6. The molecule has 6 nitrogen and oxygen atoms in total. The van der Waals surface area contributed by atoms with Crippen LogP contribution in [-0.4, -0.2) is 29.3 Å². The monoisotopic (exact) mass is 393 g/mol. The number of rotatable bonds is 6. The van der Waals surface area contributed by atoms with Crippen LogP contribution in [0.3, 0.4) is 0 Å². The molecule has 1 aliphatic heterocycles. The highest BCUT2D eigenvalue weighted by molar-refractivity contribution is 6.09. The molecule has 0 saturated carbocycles. The topological polar surface area (TPSA) is 78.5 Å². The zero-order chi connectivity index (χ0) is 21.2. The summed E-state index contributed by atoms with van der Waals surface area (Å²) in [6.07, 6.45) is 0. The Morgan fingerprint density at radius 3 is 2.38 bits per heavy atom. The van der Waals surface area contributed by atoms with E-state index in [-0.39, 0.29) is 12.5 Å². The Hall–Kier alpha value is -3.15. The number of nitrogens with zero attached hydrogens (tertiary/aromatic N) is 1. The van der Waals surface area contributed by atoms with Crippen molar-refractivity contribution in [1.82, 2.24) is 15.5 Å². The second-order valence-corrected chi connectivity index (χ2v) is 7.93. The average Bonchev–Trinajstić information content (AvgIpc) is 2.91. The van der Waals surface area contributed by atoms with Crippen LogP contribution in [0.4, 0.5) is 4.79 Å². The minimum absolute atomic E-state index is 0.309. The lowest BCUT2D eigenvalue weighted by Crippen LogP contribution is -2.43. The van der Waals surface area contributed by atoms with Gasteiger partial charge in [0.15, 0.2) is 0 Å². The number of nitrogens with one attached hydrogen (secondary N) is 2. The zero-order valence-corrected chi connectivity index (χ0v) is 17.3. The van der Waals surface area contributed by atoms with Crippen LogP contribution in [0.25, 0.3) is 0 Å². The Balaban J connectivity index is 1.68. The van der Waals surface area contributed by atoms with E-state index in [0.29, 0.717) is 18.0 Å². The highest BCUT2D eigenvalue weighted by atomic mass is 16.2. The van der Waals surface area contributed by atoms with Crippen LogP contribution in [0, 0.1) is 6.92 Å². The van der Waals surface area contributed by atoms with Crippen molar-refractivity contribution >= 4 is 17.8 Å². The van der Waals surface area contributed by atoms with E-state index in [0.717, 1.165) is 21.6 Å². The van der Waals surface area contributed by atoms with E-state index in [1.807, 2.05) is 55.5 Å². The lowest BCUT2D eigenvalue weighted by Gasteiger charge is -2.22. The molecule has 6 heteroatoms. The van der Waals surface area contributed by atoms with E-state index in [1.54, 1.807) is 6.92 Å². The first-order valence-electron chi connectivity index (χ1n) is 9.78. The molecule has 1 aliphatic rings. The third kappa shape index (κ3) is 4.16. The smallest absolute Gasteiger partial charge is 0.325 e. The van der Waals surface area contributed by atoms with Crippen LogP contribution >= 0.6 is 0 Å². The molecule has 1 saturated heterocycles. The Bertz CT molecular complexity index is 937. The summed E-state index contributed by atoms with van der Waals surface area (Å²) in [5.41, 5.74) is 2.74. The SMILES string of the molecule is Cc1ccccc1CNC(=O)CN1C(=O)N[C@](C)(c2ccc(C(C)C)cc2)C1=O. The summed E-state index contributed by atoms with van der Waals surface area (Å²) in [5.74, 6) is -0.429. The van der Waals surface area contributed by atoms with Gasteiger partial charge in [0, 0.05) is 6.54 Å². The Morgan fingerprint density at radius 2 is 1.76 bits per heavy atom. The van der Waals surface area contributed by atoms with E-state index in [2.05, 4.69) is 24.5 Å². The summed E-state index contributed by atoms with van der Waals surface area (Å²) in [6.45, 7) is 7.87. The van der Waals surface area contributed by atoms with Gasteiger partial charge in [0.25, 0.3) is 5.91 Å². The molecule has 152 valence electrons. The maximum absolute atomic E-state index is 13.0. The molecule has 4 amide bonds. The maximum Gasteiger partial charge on any atom is 0.325 e. The number of urea groups is 1. The summed E-state index contributed by atoms with van der Waals surface area (Å²) in [5, 5.41) is 5.52. The predicted octanol–water partition coefficient (Wildman–Crippen LogP) is 3.20. The van der Waals surface area contributed by atoms with E-state index in [4.69, 9.17) is 0 Å². The van der Waals surface area contributed by atoms with Crippen molar-refractivity contribution < 1.29 is 14.4 Å². The maximum atomic E-state index is 13.0. The fourth-order valence-electron chi connectivity index (χ4n) is 3.44. The quantitative estimate of drug-likeness (QED) is 0.740. The van der Waals surface area contributed by atoms with Crippen molar-refractivity contribution in [2.75, 3.05) is 6.54 Å². The first-order valence-corrected chi connectivity index (χ1v) is 9.78. The van der Waals surface area contributed by atoms with E-state index in [1.165, 1.54) is 0 Å². The fourth-order valence-corrected chi connectivity index (χ4v) is 3.44. The lowest BCUT2D eigenvalue weighted by atomic mass is 9.90. The van der Waals surface area contributed by atoms with Gasteiger partial charge in [-0.3, -0.25) is 14.5 Å². The van der Waals surface area contributed by atoms with E-state index >= 15 is 0 Å². The molecular weight excluding hydrogens is 366 g/mol. The van der Waals surface area contributed by atoms with Gasteiger partial charge < -0.3 is 10.6 Å². The summed E-state index contributed by atoms with van der Waals surface area (Å²) < 4.78 is 0. The molecule has 0 unspecified atom stereocenters. The molecule has 2 N–H and O–H groups in total. The second-order valence-electron chi connectivity index (χ2n) is 7.93. The molecule has 2 aromatic rings. The number of imide groups is 1. The Morgan fingerprint density at radius 1 is 1.10 bits per heavy atom. The highest BCUT2D eigenvalue weighted by Gasteiger charge is 2.49. The minimum Gasteiger partial charge on any atom is -0.350 e. The molecular formula is C23H27N3O3. The van der Waals surface area contributed by atoms with Crippen molar-refractivity contribution in [3.8, 4) is 0 Å². The summed E-state index contributed by atoms with van der Waals surface area (Å²) in [6, 6.07) is 14.8. The van der Waals surface area contributed by atoms with Crippen LogP contribution in [0.1, 0.15) is 48.9 Å². The van der Waals surface area contributed by atoms with Crippen molar-refractivity contribution in [3.63, 3.8) is 0 Å². The molecule has 0 spiro atoms. The van der Waals surface area contributed by atoms with Gasteiger partial charge in [-0.15, -0.1) is 0 Å². The third-order valence-corrected chi connectivity index (χ3v) is 5.47. The largest absolute Gasteiger partial charge is 0.350 e. The van der Waals surface area contributed by atoms with Gasteiger partial charge in [-0.05, 0) is 42.0 Å². The summed E-state index contributed by atoms with van der Waals surface area (Å²) in [7, 11) is 0. The molecule has 0 aromatic heterocycles. The number of carbonyl (C=O) groups is 3. The van der Waals surface area contributed by atoms with Crippen LogP contribution in [0.15, 0.2) is 48.5 Å². The molecule has 2 aromatic carbocycles. The van der Waals surface area contributed by atoms with Gasteiger partial charge in [0.2, 0.25) is 5.91 Å². The molecule has 1 atom stereocenters. The predicted molar refractivity (Wildman–Crippen MR) is 111 cm³/mol. The lowest BCUT2D eigenvalue weighted by molar-refractivity contribution is -0.134. The highest BCUT2D eigenvalue weighted by Crippen LogP contribution is 2.29. The minimum atomic E-state index is -1.18.